The quantitative estimate of drug-likeness (QED) is 0.820. The van der Waals surface area contributed by atoms with Crippen LogP contribution >= 0.6 is 0 Å². The number of rotatable bonds is 7. The van der Waals surface area contributed by atoms with Crippen LogP contribution in [0.3, 0.4) is 0 Å². The van der Waals surface area contributed by atoms with E-state index in [-0.39, 0.29) is 6.61 Å². The summed E-state index contributed by atoms with van der Waals surface area (Å²) in [6, 6.07) is 6.98. The zero-order valence-corrected chi connectivity index (χ0v) is 11.8. The van der Waals surface area contributed by atoms with E-state index in [1.54, 1.807) is 19.1 Å². The van der Waals surface area contributed by atoms with Crippen molar-refractivity contribution in [3.05, 3.63) is 29.8 Å². The molecule has 1 aromatic carbocycles. The van der Waals surface area contributed by atoms with Crippen LogP contribution in [-0.2, 0) is 16.4 Å². The molecule has 0 saturated carbocycles. The van der Waals surface area contributed by atoms with Gasteiger partial charge in [-0.2, -0.15) is 4.31 Å². The number of sulfonamides is 1. The van der Waals surface area contributed by atoms with Crippen molar-refractivity contribution in [1.82, 2.24) is 4.31 Å². The third-order valence-corrected chi connectivity index (χ3v) is 4.88. The highest BCUT2D eigenvalue weighted by molar-refractivity contribution is 7.89. The third-order valence-electron chi connectivity index (χ3n) is 2.89. The van der Waals surface area contributed by atoms with Crippen LogP contribution in [0.15, 0.2) is 29.2 Å². The van der Waals surface area contributed by atoms with Gasteiger partial charge in [0.25, 0.3) is 0 Å². The normalized spacial score (nSPS) is 12.0. The van der Waals surface area contributed by atoms with Gasteiger partial charge in [0.2, 0.25) is 10.0 Å². The molecule has 0 radical (unpaired) electrons. The SMILES string of the molecule is CCc1ccc(S(=O)(=O)N(CC)CCCO)cc1. The Morgan fingerprint density at radius 1 is 1.17 bits per heavy atom. The summed E-state index contributed by atoms with van der Waals surface area (Å²) >= 11 is 0. The highest BCUT2D eigenvalue weighted by atomic mass is 32.2. The van der Waals surface area contributed by atoms with Gasteiger partial charge in [-0.1, -0.05) is 26.0 Å². The van der Waals surface area contributed by atoms with E-state index in [1.807, 2.05) is 19.1 Å². The van der Waals surface area contributed by atoms with Gasteiger partial charge in [-0.15, -0.1) is 0 Å². The van der Waals surface area contributed by atoms with E-state index in [0.717, 1.165) is 12.0 Å². The topological polar surface area (TPSA) is 57.6 Å². The van der Waals surface area contributed by atoms with Gasteiger partial charge in [-0.3, -0.25) is 0 Å². The van der Waals surface area contributed by atoms with Crippen LogP contribution in [0.5, 0.6) is 0 Å². The molecule has 0 atom stereocenters. The van der Waals surface area contributed by atoms with Gasteiger partial charge in [0, 0.05) is 19.7 Å². The number of aliphatic hydroxyl groups excluding tert-OH is 1. The van der Waals surface area contributed by atoms with E-state index in [1.165, 1.54) is 4.31 Å². The van der Waals surface area contributed by atoms with Crippen molar-refractivity contribution in [2.24, 2.45) is 0 Å². The summed E-state index contributed by atoms with van der Waals surface area (Å²) in [4.78, 5) is 0.319. The molecular weight excluding hydrogens is 250 g/mol. The standard InChI is InChI=1S/C13H21NO3S/c1-3-12-6-8-13(9-7-12)18(16,17)14(4-2)10-5-11-15/h6-9,15H,3-5,10-11H2,1-2H3. The van der Waals surface area contributed by atoms with Crippen LogP contribution in [-0.4, -0.2) is 37.5 Å². The minimum atomic E-state index is -3.43. The van der Waals surface area contributed by atoms with Crippen molar-refractivity contribution in [1.29, 1.82) is 0 Å². The lowest BCUT2D eigenvalue weighted by molar-refractivity contribution is 0.271. The first kappa shape index (κ1) is 15.1. The fourth-order valence-corrected chi connectivity index (χ4v) is 3.23. The molecule has 0 aromatic heterocycles. The zero-order chi connectivity index (χ0) is 13.6. The van der Waals surface area contributed by atoms with Gasteiger partial charge in [0.05, 0.1) is 4.90 Å². The fourth-order valence-electron chi connectivity index (χ4n) is 1.74. The Balaban J connectivity index is 2.95. The Labute approximate surface area is 109 Å². The second kappa shape index (κ2) is 6.87. The summed E-state index contributed by atoms with van der Waals surface area (Å²) in [6.45, 7) is 4.60. The minimum absolute atomic E-state index is 0.000786. The first-order valence-corrected chi connectivity index (χ1v) is 7.70. The smallest absolute Gasteiger partial charge is 0.243 e. The van der Waals surface area contributed by atoms with Gasteiger partial charge >= 0.3 is 0 Å². The Morgan fingerprint density at radius 3 is 2.22 bits per heavy atom. The van der Waals surface area contributed by atoms with Crippen LogP contribution in [0.1, 0.15) is 25.8 Å². The van der Waals surface area contributed by atoms with Gasteiger partial charge in [-0.05, 0) is 30.5 Å². The van der Waals surface area contributed by atoms with Crippen molar-refractivity contribution < 1.29 is 13.5 Å². The molecule has 0 aliphatic heterocycles. The maximum atomic E-state index is 12.3. The molecule has 1 rings (SSSR count). The molecule has 0 spiro atoms. The van der Waals surface area contributed by atoms with E-state index in [4.69, 9.17) is 5.11 Å². The van der Waals surface area contributed by atoms with Gasteiger partial charge in [0.15, 0.2) is 0 Å². The van der Waals surface area contributed by atoms with Gasteiger partial charge in [-0.25, -0.2) is 8.42 Å². The molecule has 18 heavy (non-hydrogen) atoms. The maximum absolute atomic E-state index is 12.3. The van der Waals surface area contributed by atoms with Crippen LogP contribution < -0.4 is 0 Å². The number of hydrogen-bond donors (Lipinski definition) is 1. The average Bonchev–Trinajstić information content (AvgIpc) is 2.39. The summed E-state index contributed by atoms with van der Waals surface area (Å²) in [5.41, 5.74) is 1.12. The van der Waals surface area contributed by atoms with Crippen LogP contribution in [0.4, 0.5) is 0 Å². The second-order valence-corrected chi connectivity index (χ2v) is 6.01. The first-order valence-electron chi connectivity index (χ1n) is 6.26. The molecule has 0 amide bonds. The highest BCUT2D eigenvalue weighted by Gasteiger charge is 2.22. The molecule has 0 saturated heterocycles. The van der Waals surface area contributed by atoms with Crippen LogP contribution in [0.25, 0.3) is 0 Å². The molecule has 0 aliphatic carbocycles. The first-order chi connectivity index (χ1) is 8.56. The molecule has 0 aliphatic rings. The van der Waals surface area contributed by atoms with E-state index in [9.17, 15) is 8.42 Å². The summed E-state index contributed by atoms with van der Waals surface area (Å²) in [5.74, 6) is 0. The number of aliphatic hydroxyl groups is 1. The Kier molecular flexibility index (Phi) is 5.78. The predicted octanol–water partition coefficient (Wildman–Crippen LogP) is 1.64. The lowest BCUT2D eigenvalue weighted by atomic mass is 10.2. The van der Waals surface area contributed by atoms with Crippen molar-refractivity contribution in [3.63, 3.8) is 0 Å². The molecule has 102 valence electrons. The summed E-state index contributed by atoms with van der Waals surface area (Å²) in [5, 5.41) is 8.79. The monoisotopic (exact) mass is 271 g/mol. The molecule has 0 bridgehead atoms. The van der Waals surface area contributed by atoms with Crippen molar-refractivity contribution in [3.8, 4) is 0 Å². The molecule has 0 unspecified atom stereocenters. The van der Waals surface area contributed by atoms with Crippen molar-refractivity contribution in [2.45, 2.75) is 31.6 Å². The lowest BCUT2D eigenvalue weighted by Gasteiger charge is -2.20. The minimum Gasteiger partial charge on any atom is -0.396 e. The number of aryl methyl sites for hydroxylation is 1. The average molecular weight is 271 g/mol. The predicted molar refractivity (Wildman–Crippen MR) is 72.0 cm³/mol. The summed E-state index contributed by atoms with van der Waals surface area (Å²) in [6.07, 6.45) is 1.35. The fraction of sp³-hybridized carbons (Fsp3) is 0.538. The van der Waals surface area contributed by atoms with Crippen LogP contribution in [0.2, 0.25) is 0 Å². The Bertz CT molecular complexity index is 454. The van der Waals surface area contributed by atoms with E-state index < -0.39 is 10.0 Å². The summed E-state index contributed by atoms with van der Waals surface area (Å²) in [7, 11) is -3.43. The van der Waals surface area contributed by atoms with E-state index in [0.29, 0.717) is 24.4 Å². The molecule has 0 fully saturated rings. The van der Waals surface area contributed by atoms with E-state index >= 15 is 0 Å². The van der Waals surface area contributed by atoms with E-state index in [2.05, 4.69) is 0 Å². The van der Waals surface area contributed by atoms with Crippen molar-refractivity contribution in [2.75, 3.05) is 19.7 Å². The second-order valence-electron chi connectivity index (χ2n) is 4.07. The Morgan fingerprint density at radius 2 is 1.78 bits per heavy atom. The van der Waals surface area contributed by atoms with Gasteiger partial charge in [0.1, 0.15) is 0 Å². The molecule has 1 aromatic rings. The molecular formula is C13H21NO3S. The number of nitrogens with zero attached hydrogens (tertiary/aromatic N) is 1. The molecule has 1 N–H and O–H groups in total. The third kappa shape index (κ3) is 3.54. The highest BCUT2D eigenvalue weighted by Crippen LogP contribution is 2.16. The maximum Gasteiger partial charge on any atom is 0.243 e. The molecule has 0 heterocycles. The zero-order valence-electron chi connectivity index (χ0n) is 11.0. The van der Waals surface area contributed by atoms with Crippen molar-refractivity contribution >= 4 is 10.0 Å². The number of benzene rings is 1. The molecule has 5 heteroatoms. The largest absolute Gasteiger partial charge is 0.396 e. The molecule has 4 nitrogen and oxygen atoms in total. The summed E-state index contributed by atoms with van der Waals surface area (Å²) < 4.78 is 26.0. The van der Waals surface area contributed by atoms with Crippen LogP contribution in [0, 0.1) is 0 Å². The lowest BCUT2D eigenvalue weighted by Crippen LogP contribution is -2.32. The number of hydrogen-bond acceptors (Lipinski definition) is 3. The Hall–Kier alpha value is -0.910. The van der Waals surface area contributed by atoms with Gasteiger partial charge < -0.3 is 5.11 Å².